The van der Waals surface area contributed by atoms with Crippen LogP contribution in [-0.2, 0) is 13.0 Å². The molecule has 0 aromatic heterocycles. The van der Waals surface area contributed by atoms with Gasteiger partial charge >= 0.3 is 0 Å². The molecule has 0 aliphatic heterocycles. The quantitative estimate of drug-likeness (QED) is 0.818. The minimum atomic E-state index is -0.374. The van der Waals surface area contributed by atoms with Crippen LogP contribution < -0.4 is 10.1 Å². The molecule has 0 radical (unpaired) electrons. The zero-order chi connectivity index (χ0) is 14.4. The summed E-state index contributed by atoms with van der Waals surface area (Å²) in [7, 11) is 1.65. The summed E-state index contributed by atoms with van der Waals surface area (Å²) in [6.45, 7) is 1.37. The highest BCUT2D eigenvalue weighted by atomic mass is 35.5. The minimum absolute atomic E-state index is 0.199. The van der Waals surface area contributed by atoms with Crippen molar-refractivity contribution in [1.82, 2.24) is 5.32 Å². The number of methoxy groups -OCH3 is 1. The van der Waals surface area contributed by atoms with Crippen LogP contribution in [0.5, 0.6) is 5.75 Å². The Morgan fingerprint density at radius 3 is 2.60 bits per heavy atom. The van der Waals surface area contributed by atoms with Crippen LogP contribution in [0.4, 0.5) is 4.39 Å². The highest BCUT2D eigenvalue weighted by molar-refractivity contribution is 6.31. The fourth-order valence-electron chi connectivity index (χ4n) is 1.93. The molecule has 2 aromatic carbocycles. The molecular weight excluding hydrogens is 277 g/mol. The zero-order valence-electron chi connectivity index (χ0n) is 11.3. The van der Waals surface area contributed by atoms with E-state index in [1.807, 2.05) is 30.3 Å². The van der Waals surface area contributed by atoms with Gasteiger partial charge in [0.15, 0.2) is 0 Å². The van der Waals surface area contributed by atoms with Gasteiger partial charge in [0, 0.05) is 6.54 Å². The average Bonchev–Trinajstić information content (AvgIpc) is 2.48. The predicted molar refractivity (Wildman–Crippen MR) is 79.8 cm³/mol. The highest BCUT2D eigenvalue weighted by Gasteiger charge is 2.04. The van der Waals surface area contributed by atoms with Gasteiger partial charge in [-0.1, -0.05) is 35.9 Å². The van der Waals surface area contributed by atoms with Crippen LogP contribution in [0.1, 0.15) is 11.1 Å². The fourth-order valence-corrected chi connectivity index (χ4v) is 2.13. The van der Waals surface area contributed by atoms with E-state index in [1.165, 1.54) is 11.6 Å². The number of hydrogen-bond donors (Lipinski definition) is 1. The minimum Gasteiger partial charge on any atom is -0.497 e. The number of nitrogens with one attached hydrogen (secondary N) is 1. The Bertz CT molecular complexity index is 557. The summed E-state index contributed by atoms with van der Waals surface area (Å²) in [6.07, 6.45) is 0.900. The molecule has 0 amide bonds. The Morgan fingerprint density at radius 1 is 1.15 bits per heavy atom. The average molecular weight is 294 g/mol. The van der Waals surface area contributed by atoms with Crippen molar-refractivity contribution < 1.29 is 9.13 Å². The van der Waals surface area contributed by atoms with Gasteiger partial charge in [0.05, 0.1) is 12.1 Å². The Morgan fingerprint density at radius 2 is 1.90 bits per heavy atom. The fraction of sp³-hybridized carbons (Fsp3) is 0.250. The van der Waals surface area contributed by atoms with Gasteiger partial charge in [-0.3, -0.25) is 0 Å². The van der Waals surface area contributed by atoms with Crippen molar-refractivity contribution >= 4 is 11.6 Å². The Balaban J connectivity index is 1.80. The SMILES string of the molecule is COc1ccc(CCNCc2cccc(F)c2Cl)cc1. The first-order chi connectivity index (χ1) is 9.70. The Hall–Kier alpha value is -1.58. The topological polar surface area (TPSA) is 21.3 Å². The van der Waals surface area contributed by atoms with E-state index in [2.05, 4.69) is 5.32 Å². The number of halogens is 2. The summed E-state index contributed by atoms with van der Waals surface area (Å²) in [4.78, 5) is 0. The van der Waals surface area contributed by atoms with Crippen molar-refractivity contribution in [3.63, 3.8) is 0 Å². The van der Waals surface area contributed by atoms with Crippen molar-refractivity contribution in [3.05, 3.63) is 64.4 Å². The Kier molecular flexibility index (Phi) is 5.39. The van der Waals surface area contributed by atoms with Gasteiger partial charge in [-0.25, -0.2) is 4.39 Å². The van der Waals surface area contributed by atoms with E-state index < -0.39 is 0 Å². The van der Waals surface area contributed by atoms with Gasteiger partial charge in [-0.15, -0.1) is 0 Å². The molecule has 0 fully saturated rings. The van der Waals surface area contributed by atoms with Crippen LogP contribution in [0.3, 0.4) is 0 Å². The smallest absolute Gasteiger partial charge is 0.142 e. The third kappa shape index (κ3) is 3.95. The van der Waals surface area contributed by atoms with Crippen LogP contribution >= 0.6 is 11.6 Å². The van der Waals surface area contributed by atoms with Crippen LogP contribution in [0.25, 0.3) is 0 Å². The second-order valence-electron chi connectivity index (χ2n) is 4.49. The molecule has 1 N–H and O–H groups in total. The third-order valence-corrected chi connectivity index (χ3v) is 3.52. The number of ether oxygens (including phenoxy) is 1. The summed E-state index contributed by atoms with van der Waals surface area (Å²) in [5.74, 6) is 0.481. The molecule has 0 saturated heterocycles. The van der Waals surface area contributed by atoms with Crippen molar-refractivity contribution in [2.24, 2.45) is 0 Å². The number of hydrogen-bond acceptors (Lipinski definition) is 2. The molecule has 0 aliphatic rings. The zero-order valence-corrected chi connectivity index (χ0v) is 12.1. The molecule has 2 aromatic rings. The van der Waals surface area contributed by atoms with Crippen LogP contribution in [-0.4, -0.2) is 13.7 Å². The van der Waals surface area contributed by atoms with E-state index in [9.17, 15) is 4.39 Å². The standard InChI is InChI=1S/C16H17ClFNO/c1-20-14-7-5-12(6-8-14)9-10-19-11-13-3-2-4-15(18)16(13)17/h2-8,19H,9-11H2,1H3. The highest BCUT2D eigenvalue weighted by Crippen LogP contribution is 2.19. The van der Waals surface area contributed by atoms with E-state index in [4.69, 9.17) is 16.3 Å². The summed E-state index contributed by atoms with van der Waals surface area (Å²) in [5.41, 5.74) is 2.00. The predicted octanol–water partition coefficient (Wildman–Crippen LogP) is 3.82. The molecule has 4 heteroatoms. The van der Waals surface area contributed by atoms with Gasteiger partial charge in [0.2, 0.25) is 0 Å². The lowest BCUT2D eigenvalue weighted by Crippen LogP contribution is -2.17. The van der Waals surface area contributed by atoms with E-state index in [0.717, 1.165) is 24.3 Å². The molecule has 0 unspecified atom stereocenters. The first-order valence-corrected chi connectivity index (χ1v) is 6.85. The van der Waals surface area contributed by atoms with Gasteiger partial charge in [-0.05, 0) is 42.3 Å². The van der Waals surface area contributed by atoms with E-state index in [1.54, 1.807) is 13.2 Å². The number of rotatable bonds is 6. The van der Waals surface area contributed by atoms with Crippen molar-refractivity contribution in [2.45, 2.75) is 13.0 Å². The van der Waals surface area contributed by atoms with Crippen molar-refractivity contribution in [2.75, 3.05) is 13.7 Å². The maximum atomic E-state index is 13.3. The van der Waals surface area contributed by atoms with Crippen LogP contribution in [0, 0.1) is 5.82 Å². The summed E-state index contributed by atoms with van der Waals surface area (Å²) < 4.78 is 18.4. The molecule has 106 valence electrons. The lowest BCUT2D eigenvalue weighted by molar-refractivity contribution is 0.414. The van der Waals surface area contributed by atoms with Gasteiger partial charge in [0.25, 0.3) is 0 Å². The van der Waals surface area contributed by atoms with Crippen molar-refractivity contribution in [3.8, 4) is 5.75 Å². The lowest BCUT2D eigenvalue weighted by Gasteiger charge is -2.08. The third-order valence-electron chi connectivity index (χ3n) is 3.10. The molecule has 0 atom stereocenters. The molecule has 0 saturated carbocycles. The number of benzene rings is 2. The largest absolute Gasteiger partial charge is 0.497 e. The summed E-state index contributed by atoms with van der Waals surface area (Å²) in [5, 5.41) is 3.46. The maximum absolute atomic E-state index is 13.3. The van der Waals surface area contributed by atoms with Gasteiger partial charge in [-0.2, -0.15) is 0 Å². The van der Waals surface area contributed by atoms with Crippen molar-refractivity contribution in [1.29, 1.82) is 0 Å². The molecule has 20 heavy (non-hydrogen) atoms. The van der Waals surface area contributed by atoms with E-state index in [0.29, 0.717) is 6.54 Å². The first-order valence-electron chi connectivity index (χ1n) is 6.47. The molecule has 0 heterocycles. The maximum Gasteiger partial charge on any atom is 0.142 e. The van der Waals surface area contributed by atoms with E-state index in [-0.39, 0.29) is 10.8 Å². The van der Waals surface area contributed by atoms with Gasteiger partial charge in [0.1, 0.15) is 11.6 Å². The van der Waals surface area contributed by atoms with Crippen LogP contribution in [0.15, 0.2) is 42.5 Å². The molecule has 2 nitrogen and oxygen atoms in total. The normalized spacial score (nSPS) is 10.6. The monoisotopic (exact) mass is 293 g/mol. The molecule has 0 aliphatic carbocycles. The lowest BCUT2D eigenvalue weighted by atomic mass is 10.1. The second-order valence-corrected chi connectivity index (χ2v) is 4.87. The van der Waals surface area contributed by atoms with E-state index >= 15 is 0 Å². The summed E-state index contributed by atoms with van der Waals surface area (Å²) >= 11 is 5.89. The molecule has 2 rings (SSSR count). The molecule has 0 spiro atoms. The van der Waals surface area contributed by atoms with Gasteiger partial charge < -0.3 is 10.1 Å². The summed E-state index contributed by atoms with van der Waals surface area (Å²) in [6, 6.07) is 12.8. The van der Waals surface area contributed by atoms with Crippen LogP contribution in [0.2, 0.25) is 5.02 Å². The Labute approximate surface area is 123 Å². The molecular formula is C16H17ClFNO. The second kappa shape index (κ2) is 7.27. The first kappa shape index (κ1) is 14.8. The molecule has 0 bridgehead atoms.